The van der Waals surface area contributed by atoms with Crippen LogP contribution < -0.4 is 5.56 Å². The molecule has 2 saturated heterocycles. The van der Waals surface area contributed by atoms with Crippen LogP contribution in [0.4, 0.5) is 0 Å². The Balaban J connectivity index is 1.25. The van der Waals surface area contributed by atoms with Gasteiger partial charge in [0.25, 0.3) is 5.56 Å². The molecule has 4 heterocycles. The number of carbonyl (C=O) groups excluding carboxylic acids is 1. The lowest BCUT2D eigenvalue weighted by Gasteiger charge is -2.44. The molecular formula is C23H26ClN3O4S. The molecule has 1 amide bonds. The zero-order chi connectivity index (χ0) is 22.5. The number of rotatable bonds is 3. The number of pyridine rings is 1. The number of amides is 1. The summed E-state index contributed by atoms with van der Waals surface area (Å²) in [6.07, 6.45) is 2.05. The zero-order valence-corrected chi connectivity index (χ0v) is 19.3. The summed E-state index contributed by atoms with van der Waals surface area (Å²) >= 11 is 5.88. The molecule has 7 nitrogen and oxygen atoms in total. The fourth-order valence-electron chi connectivity index (χ4n) is 5.43. The lowest BCUT2D eigenvalue weighted by atomic mass is 9.82. The van der Waals surface area contributed by atoms with Crippen molar-refractivity contribution < 1.29 is 13.2 Å². The third kappa shape index (κ3) is 3.89. The largest absolute Gasteiger partial charge is 0.341 e. The highest BCUT2D eigenvalue weighted by atomic mass is 35.5. The average molecular weight is 476 g/mol. The molecule has 9 heteroatoms. The molecule has 0 spiro atoms. The van der Waals surface area contributed by atoms with Crippen LogP contribution >= 0.6 is 11.6 Å². The van der Waals surface area contributed by atoms with Gasteiger partial charge in [-0.1, -0.05) is 17.7 Å². The molecule has 0 N–H and O–H groups in total. The molecule has 2 fully saturated rings. The number of fused-ring (bicyclic) bond motifs is 4. The summed E-state index contributed by atoms with van der Waals surface area (Å²) in [5, 5.41) is 0.493. The van der Waals surface area contributed by atoms with Crippen LogP contribution in [0.2, 0.25) is 5.02 Å². The summed E-state index contributed by atoms with van der Waals surface area (Å²) in [4.78, 5) is 27.7. The van der Waals surface area contributed by atoms with E-state index in [1.165, 1.54) is 16.4 Å². The summed E-state index contributed by atoms with van der Waals surface area (Å²) < 4.78 is 29.2. The van der Waals surface area contributed by atoms with E-state index in [0.29, 0.717) is 50.6 Å². The summed E-state index contributed by atoms with van der Waals surface area (Å²) in [6.45, 7) is 2.62. The number of benzene rings is 1. The van der Waals surface area contributed by atoms with Crippen molar-refractivity contribution in [2.75, 3.05) is 26.2 Å². The lowest BCUT2D eigenvalue weighted by molar-refractivity contribution is -0.139. The highest BCUT2D eigenvalue weighted by Crippen LogP contribution is 2.36. The molecule has 2 atom stereocenters. The highest BCUT2D eigenvalue weighted by Gasteiger charge is 2.39. The van der Waals surface area contributed by atoms with Gasteiger partial charge < -0.3 is 9.47 Å². The number of sulfonamides is 1. The maximum atomic E-state index is 13.3. The molecule has 5 rings (SSSR count). The SMILES string of the molecule is O=C(C1CCN(S(=O)(=O)c2ccc(Cl)cc2)CC1)N1C[C@@H]2C[C@H](C1)c1cccc(=O)n1C2. The van der Waals surface area contributed by atoms with Crippen LogP contribution in [0.5, 0.6) is 0 Å². The first-order chi connectivity index (χ1) is 15.3. The quantitative estimate of drug-likeness (QED) is 0.683. The van der Waals surface area contributed by atoms with Gasteiger partial charge in [0, 0.05) is 61.3 Å². The molecule has 32 heavy (non-hydrogen) atoms. The second-order valence-electron chi connectivity index (χ2n) is 9.07. The normalized spacial score (nSPS) is 24.2. The van der Waals surface area contributed by atoms with Crippen LogP contribution in [0.25, 0.3) is 0 Å². The fourth-order valence-corrected chi connectivity index (χ4v) is 7.03. The maximum Gasteiger partial charge on any atom is 0.250 e. The minimum atomic E-state index is -3.59. The lowest BCUT2D eigenvalue weighted by Crippen LogP contribution is -2.52. The average Bonchev–Trinajstić information content (AvgIpc) is 2.79. The Morgan fingerprint density at radius 2 is 1.69 bits per heavy atom. The molecule has 0 saturated carbocycles. The highest BCUT2D eigenvalue weighted by molar-refractivity contribution is 7.89. The second kappa shape index (κ2) is 8.32. The Morgan fingerprint density at radius 1 is 0.969 bits per heavy atom. The number of carbonyl (C=O) groups is 1. The predicted octanol–water partition coefficient (Wildman–Crippen LogP) is 2.55. The topological polar surface area (TPSA) is 79.7 Å². The number of nitrogens with zero attached hydrogens (tertiary/aromatic N) is 3. The van der Waals surface area contributed by atoms with E-state index in [4.69, 9.17) is 11.6 Å². The van der Waals surface area contributed by atoms with E-state index in [0.717, 1.165) is 12.1 Å². The van der Waals surface area contributed by atoms with Gasteiger partial charge >= 0.3 is 0 Å². The second-order valence-corrected chi connectivity index (χ2v) is 11.4. The van der Waals surface area contributed by atoms with Crippen molar-refractivity contribution in [2.24, 2.45) is 11.8 Å². The van der Waals surface area contributed by atoms with E-state index in [-0.39, 0.29) is 34.1 Å². The summed E-state index contributed by atoms with van der Waals surface area (Å²) in [7, 11) is -3.59. The number of aromatic nitrogens is 1. The minimum Gasteiger partial charge on any atom is -0.341 e. The fraction of sp³-hybridized carbons (Fsp3) is 0.478. The Kier molecular flexibility index (Phi) is 5.63. The van der Waals surface area contributed by atoms with Crippen LogP contribution in [-0.2, 0) is 21.4 Å². The van der Waals surface area contributed by atoms with E-state index in [9.17, 15) is 18.0 Å². The van der Waals surface area contributed by atoms with Crippen LogP contribution in [0.1, 0.15) is 30.9 Å². The number of hydrogen-bond acceptors (Lipinski definition) is 4. The van der Waals surface area contributed by atoms with E-state index in [2.05, 4.69) is 0 Å². The van der Waals surface area contributed by atoms with Crippen molar-refractivity contribution in [1.29, 1.82) is 0 Å². The number of piperidine rings is 2. The van der Waals surface area contributed by atoms with Crippen molar-refractivity contribution in [3.63, 3.8) is 0 Å². The van der Waals surface area contributed by atoms with Crippen molar-refractivity contribution in [1.82, 2.24) is 13.8 Å². The van der Waals surface area contributed by atoms with Gasteiger partial charge in [-0.15, -0.1) is 0 Å². The third-order valence-electron chi connectivity index (χ3n) is 7.05. The number of halogens is 1. The first-order valence-corrected chi connectivity index (χ1v) is 12.9. The molecule has 0 unspecified atom stereocenters. The van der Waals surface area contributed by atoms with Gasteiger partial charge in [0.15, 0.2) is 0 Å². The monoisotopic (exact) mass is 475 g/mol. The van der Waals surface area contributed by atoms with Crippen LogP contribution in [0.15, 0.2) is 52.2 Å². The Hall–Kier alpha value is -2.16. The first-order valence-electron chi connectivity index (χ1n) is 11.1. The molecule has 2 aromatic rings. The van der Waals surface area contributed by atoms with E-state index in [1.807, 2.05) is 15.5 Å². The maximum absolute atomic E-state index is 13.3. The van der Waals surface area contributed by atoms with E-state index >= 15 is 0 Å². The molecule has 3 aliphatic rings. The molecule has 3 aliphatic heterocycles. The minimum absolute atomic E-state index is 0.0336. The van der Waals surface area contributed by atoms with Gasteiger partial charge in [0.2, 0.25) is 15.9 Å². The van der Waals surface area contributed by atoms with Crippen LogP contribution in [0.3, 0.4) is 0 Å². The summed E-state index contributed by atoms with van der Waals surface area (Å²) in [5.74, 6) is 0.430. The zero-order valence-electron chi connectivity index (χ0n) is 17.7. The standard InChI is InChI=1S/C23H26ClN3O4S/c24-19-4-6-20(7-5-19)32(30,31)26-10-8-17(9-11-26)23(29)25-13-16-12-18(15-25)21-2-1-3-22(28)27(21)14-16/h1-7,16-18H,8-15H2/t16-,18+/m0/s1. The third-order valence-corrected chi connectivity index (χ3v) is 9.21. The summed E-state index contributed by atoms with van der Waals surface area (Å²) in [5.41, 5.74) is 1.06. The molecule has 2 bridgehead atoms. The molecular weight excluding hydrogens is 450 g/mol. The van der Waals surface area contributed by atoms with Crippen LogP contribution in [0, 0.1) is 11.8 Å². The molecule has 0 aliphatic carbocycles. The van der Waals surface area contributed by atoms with Crippen molar-refractivity contribution in [3.05, 3.63) is 63.5 Å². The van der Waals surface area contributed by atoms with Gasteiger partial charge in [-0.25, -0.2) is 8.42 Å². The molecule has 0 radical (unpaired) electrons. The Morgan fingerprint density at radius 3 is 2.41 bits per heavy atom. The van der Waals surface area contributed by atoms with Gasteiger partial charge in [-0.05, 0) is 55.5 Å². The molecule has 170 valence electrons. The van der Waals surface area contributed by atoms with E-state index < -0.39 is 10.0 Å². The first kappa shape index (κ1) is 21.7. The Labute approximate surface area is 192 Å². The van der Waals surface area contributed by atoms with Gasteiger partial charge in [0.05, 0.1) is 4.90 Å². The van der Waals surface area contributed by atoms with Crippen LogP contribution in [-0.4, -0.2) is 54.3 Å². The van der Waals surface area contributed by atoms with Gasteiger partial charge in [0.1, 0.15) is 0 Å². The van der Waals surface area contributed by atoms with Crippen molar-refractivity contribution in [3.8, 4) is 0 Å². The summed E-state index contributed by atoms with van der Waals surface area (Å²) in [6, 6.07) is 11.6. The Bertz CT molecular complexity index is 1190. The predicted molar refractivity (Wildman–Crippen MR) is 121 cm³/mol. The van der Waals surface area contributed by atoms with Crippen molar-refractivity contribution >= 4 is 27.5 Å². The smallest absolute Gasteiger partial charge is 0.250 e. The van der Waals surface area contributed by atoms with Crippen molar-refractivity contribution in [2.45, 2.75) is 36.6 Å². The van der Waals surface area contributed by atoms with E-state index in [1.54, 1.807) is 24.3 Å². The number of hydrogen-bond donors (Lipinski definition) is 0. The van der Waals surface area contributed by atoms with Gasteiger partial charge in [-0.2, -0.15) is 4.31 Å². The van der Waals surface area contributed by atoms with Gasteiger partial charge in [-0.3, -0.25) is 9.59 Å². The molecule has 1 aromatic carbocycles. The number of likely N-dealkylation sites (tertiary alicyclic amines) is 1. The molecule has 1 aromatic heterocycles.